The Morgan fingerprint density at radius 3 is 2.93 bits per heavy atom. The number of nitrogens with one attached hydrogen (secondary N) is 1. The number of carbonyl (C=O) groups is 2. The molecule has 6 nitrogen and oxygen atoms in total. The third-order valence-electron chi connectivity index (χ3n) is 7.12. The second kappa shape index (κ2) is 6.17. The van der Waals surface area contributed by atoms with Crippen molar-refractivity contribution in [3.63, 3.8) is 0 Å². The van der Waals surface area contributed by atoms with Crippen LogP contribution < -0.4 is 5.32 Å². The summed E-state index contributed by atoms with van der Waals surface area (Å²) in [6.07, 6.45) is 4.51. The van der Waals surface area contributed by atoms with Gasteiger partial charge in [0.1, 0.15) is 6.10 Å². The molecule has 2 fully saturated rings. The molecule has 3 aliphatic rings. The van der Waals surface area contributed by atoms with Crippen LogP contribution in [0.3, 0.4) is 0 Å². The van der Waals surface area contributed by atoms with E-state index in [9.17, 15) is 9.59 Å². The zero-order chi connectivity index (χ0) is 19.6. The second-order valence-corrected chi connectivity index (χ2v) is 9.88. The number of aromatic nitrogens is 1. The van der Waals surface area contributed by atoms with E-state index in [4.69, 9.17) is 14.1 Å². The van der Waals surface area contributed by atoms with Gasteiger partial charge in [-0.25, -0.2) is 4.98 Å². The van der Waals surface area contributed by atoms with Gasteiger partial charge in [-0.15, -0.1) is 11.3 Å². The lowest BCUT2D eigenvalue weighted by Crippen LogP contribution is -2.50. The predicted octanol–water partition coefficient (Wildman–Crippen LogP) is 4.24. The number of thiazole rings is 1. The largest absolute Gasteiger partial charge is 0.461 e. The molecule has 1 amide bonds. The van der Waals surface area contributed by atoms with Crippen molar-refractivity contribution in [2.24, 2.45) is 23.2 Å². The zero-order valence-electron chi connectivity index (χ0n) is 16.2. The van der Waals surface area contributed by atoms with Gasteiger partial charge in [-0.2, -0.15) is 0 Å². The number of furan rings is 1. The number of amides is 1. The lowest BCUT2D eigenvalue weighted by atomic mass is 9.54. The fourth-order valence-electron chi connectivity index (χ4n) is 5.70. The molecule has 2 aromatic heterocycles. The number of hydrogen-bond acceptors (Lipinski definition) is 6. The van der Waals surface area contributed by atoms with Crippen LogP contribution in [0.4, 0.5) is 5.13 Å². The highest BCUT2D eigenvalue weighted by Crippen LogP contribution is 2.59. The standard InChI is InChI=1S/C21H24N2O4S/c1-10-12-6-7-21(3)9-14-16(11(2)15(21)17(12)27-19(10)25)22-20(28-14)23-18(24)13-5-4-8-26-13/h4-5,8,10-12,15,17H,6-7,9H2,1-3H3,(H,22,23,24)/t10-,11+,12-,15+,17+,21+/m0/s1. The van der Waals surface area contributed by atoms with Crippen molar-refractivity contribution >= 4 is 28.3 Å². The minimum Gasteiger partial charge on any atom is -0.461 e. The minimum absolute atomic E-state index is 0.0123. The van der Waals surface area contributed by atoms with E-state index in [0.717, 1.165) is 25.0 Å². The number of esters is 1. The Bertz CT molecular complexity index is 936. The maximum Gasteiger partial charge on any atom is 0.309 e. The number of anilines is 1. The van der Waals surface area contributed by atoms with Crippen molar-refractivity contribution in [2.75, 3.05) is 5.32 Å². The molecule has 1 aliphatic heterocycles. The molecule has 0 bridgehead atoms. The number of rotatable bonds is 2. The monoisotopic (exact) mass is 400 g/mol. The highest BCUT2D eigenvalue weighted by Gasteiger charge is 2.58. The number of carbonyl (C=O) groups excluding carboxylic acids is 2. The molecule has 0 aromatic carbocycles. The van der Waals surface area contributed by atoms with Crippen LogP contribution in [0.15, 0.2) is 22.8 Å². The van der Waals surface area contributed by atoms with Gasteiger partial charge in [-0.05, 0) is 36.8 Å². The van der Waals surface area contributed by atoms with E-state index in [1.807, 2.05) is 6.92 Å². The molecule has 2 aromatic rings. The van der Waals surface area contributed by atoms with E-state index in [-0.39, 0.29) is 46.9 Å². The fraction of sp³-hybridized carbons (Fsp3) is 0.571. The van der Waals surface area contributed by atoms with E-state index in [2.05, 4.69) is 19.2 Å². The van der Waals surface area contributed by atoms with Gasteiger partial charge in [0.2, 0.25) is 0 Å². The van der Waals surface area contributed by atoms with Crippen LogP contribution in [-0.4, -0.2) is 23.0 Å². The highest BCUT2D eigenvalue weighted by molar-refractivity contribution is 7.15. The van der Waals surface area contributed by atoms with Crippen molar-refractivity contribution < 1.29 is 18.7 Å². The molecule has 28 heavy (non-hydrogen) atoms. The molecule has 6 atom stereocenters. The summed E-state index contributed by atoms with van der Waals surface area (Å²) in [4.78, 5) is 30.5. The summed E-state index contributed by atoms with van der Waals surface area (Å²) in [7, 11) is 0. The van der Waals surface area contributed by atoms with Gasteiger partial charge in [-0.3, -0.25) is 14.9 Å². The van der Waals surface area contributed by atoms with Gasteiger partial charge in [-0.1, -0.05) is 20.8 Å². The van der Waals surface area contributed by atoms with Crippen LogP contribution in [-0.2, 0) is 16.0 Å². The lowest BCUT2D eigenvalue weighted by molar-refractivity contribution is -0.149. The Hall–Kier alpha value is -2.15. The summed E-state index contributed by atoms with van der Waals surface area (Å²) in [5.41, 5.74) is 1.13. The molecular weight excluding hydrogens is 376 g/mol. The van der Waals surface area contributed by atoms with Crippen LogP contribution in [0.5, 0.6) is 0 Å². The predicted molar refractivity (Wildman–Crippen MR) is 104 cm³/mol. The zero-order valence-corrected chi connectivity index (χ0v) is 17.0. The Balaban J connectivity index is 1.45. The second-order valence-electron chi connectivity index (χ2n) is 8.80. The normalized spacial score (nSPS) is 36.2. The van der Waals surface area contributed by atoms with Crippen molar-refractivity contribution in [3.8, 4) is 0 Å². The van der Waals surface area contributed by atoms with E-state index in [0.29, 0.717) is 11.0 Å². The van der Waals surface area contributed by atoms with Gasteiger partial charge < -0.3 is 9.15 Å². The maximum atomic E-state index is 12.3. The van der Waals surface area contributed by atoms with E-state index >= 15 is 0 Å². The quantitative estimate of drug-likeness (QED) is 0.763. The summed E-state index contributed by atoms with van der Waals surface area (Å²) < 4.78 is 11.0. The molecule has 3 heterocycles. The van der Waals surface area contributed by atoms with Crippen molar-refractivity contribution in [1.82, 2.24) is 4.98 Å². The molecule has 0 unspecified atom stereocenters. The van der Waals surface area contributed by atoms with Crippen LogP contribution in [0, 0.1) is 23.2 Å². The molecule has 7 heteroatoms. The first-order valence-electron chi connectivity index (χ1n) is 9.92. The average molecular weight is 401 g/mol. The average Bonchev–Trinajstić information content (AvgIpc) is 3.35. The molecule has 0 radical (unpaired) electrons. The maximum absolute atomic E-state index is 12.3. The number of ether oxygens (including phenoxy) is 1. The Morgan fingerprint density at radius 2 is 2.18 bits per heavy atom. The molecule has 0 spiro atoms. The van der Waals surface area contributed by atoms with Gasteiger partial charge in [0.25, 0.3) is 5.91 Å². The minimum atomic E-state index is -0.286. The first-order chi connectivity index (χ1) is 13.4. The number of hydrogen-bond donors (Lipinski definition) is 1. The molecular formula is C21H24N2O4S. The van der Waals surface area contributed by atoms with Crippen LogP contribution in [0.2, 0.25) is 0 Å². The van der Waals surface area contributed by atoms with Crippen molar-refractivity contribution in [3.05, 3.63) is 34.7 Å². The third-order valence-corrected chi connectivity index (χ3v) is 8.11. The molecule has 5 rings (SSSR count). The van der Waals surface area contributed by atoms with Crippen LogP contribution in [0.1, 0.15) is 60.7 Å². The van der Waals surface area contributed by atoms with Crippen LogP contribution >= 0.6 is 11.3 Å². The van der Waals surface area contributed by atoms with Gasteiger partial charge >= 0.3 is 5.97 Å². The molecule has 148 valence electrons. The summed E-state index contributed by atoms with van der Waals surface area (Å²) in [6, 6.07) is 3.33. The SMILES string of the molecule is C[C@@H]1C(=O)O[C@@H]2[C@H]1CC[C@]1(C)Cc3sc(NC(=O)c4ccco4)nc3[C@H](C)[C@H]21. The van der Waals surface area contributed by atoms with Crippen molar-refractivity contribution in [2.45, 2.75) is 52.1 Å². The summed E-state index contributed by atoms with van der Waals surface area (Å²) in [6.45, 7) is 6.52. The molecule has 2 aliphatic carbocycles. The van der Waals surface area contributed by atoms with E-state index < -0.39 is 0 Å². The van der Waals surface area contributed by atoms with Crippen LogP contribution in [0.25, 0.3) is 0 Å². The van der Waals surface area contributed by atoms with Gasteiger partial charge in [0.05, 0.1) is 17.9 Å². The Labute approximate surface area is 167 Å². The summed E-state index contributed by atoms with van der Waals surface area (Å²) >= 11 is 1.55. The number of nitrogens with zero attached hydrogens (tertiary/aromatic N) is 1. The summed E-state index contributed by atoms with van der Waals surface area (Å²) in [5.74, 6) is 0.686. The van der Waals surface area contributed by atoms with Gasteiger partial charge in [0, 0.05) is 22.6 Å². The van der Waals surface area contributed by atoms with E-state index in [1.54, 1.807) is 23.5 Å². The Kier molecular flexibility index (Phi) is 3.95. The number of fused-ring (bicyclic) bond motifs is 4. The topological polar surface area (TPSA) is 81.4 Å². The Morgan fingerprint density at radius 1 is 1.36 bits per heavy atom. The van der Waals surface area contributed by atoms with Crippen molar-refractivity contribution in [1.29, 1.82) is 0 Å². The van der Waals surface area contributed by atoms with Gasteiger partial charge in [0.15, 0.2) is 10.9 Å². The fourth-order valence-corrected chi connectivity index (χ4v) is 6.96. The third kappa shape index (κ3) is 2.55. The molecule has 1 N–H and O–H groups in total. The molecule has 1 saturated carbocycles. The molecule has 1 saturated heterocycles. The first kappa shape index (κ1) is 17.9. The van der Waals surface area contributed by atoms with E-state index in [1.165, 1.54) is 11.1 Å². The smallest absolute Gasteiger partial charge is 0.309 e. The highest BCUT2D eigenvalue weighted by atomic mass is 32.1. The summed E-state index contributed by atoms with van der Waals surface area (Å²) in [5, 5.41) is 3.47. The first-order valence-corrected chi connectivity index (χ1v) is 10.7. The lowest BCUT2D eigenvalue weighted by Gasteiger charge is -2.51.